The van der Waals surface area contributed by atoms with Crippen LogP contribution < -0.4 is 11.3 Å². The maximum Gasteiger partial charge on any atom is 0.148 e. The molecule has 0 bridgehead atoms. The Balaban J connectivity index is 1.98. The van der Waals surface area contributed by atoms with Gasteiger partial charge in [-0.15, -0.1) is 5.10 Å². The molecule has 0 amide bonds. The maximum atomic E-state index is 5.42. The number of nitrogens with two attached hydrogens (primary N) is 1. The van der Waals surface area contributed by atoms with Crippen LogP contribution in [0, 0.1) is 11.8 Å². The van der Waals surface area contributed by atoms with Crippen LogP contribution in [-0.4, -0.2) is 27.6 Å². The van der Waals surface area contributed by atoms with Crippen LogP contribution in [0.1, 0.15) is 26.0 Å². The van der Waals surface area contributed by atoms with Crippen molar-refractivity contribution in [1.82, 2.24) is 14.5 Å². The molecule has 6 heteroatoms. The smallest absolute Gasteiger partial charge is 0.148 e. The van der Waals surface area contributed by atoms with Crippen molar-refractivity contribution < 1.29 is 0 Å². The standard InChI is InChI=1S/C10H19N5S/c1-7-3-8(2)5-15(4-7)6-9-10(12-11)16-14-13-9/h7-8,12H,3-6,11H2,1-2H3. The zero-order valence-corrected chi connectivity index (χ0v) is 10.6. The van der Waals surface area contributed by atoms with Gasteiger partial charge in [0, 0.05) is 31.2 Å². The largest absolute Gasteiger partial charge is 0.313 e. The number of aromatic nitrogens is 2. The number of hydrazine groups is 1. The number of nitrogens with one attached hydrogen (secondary N) is 1. The molecule has 90 valence electrons. The molecule has 16 heavy (non-hydrogen) atoms. The van der Waals surface area contributed by atoms with Gasteiger partial charge in [-0.25, -0.2) is 5.84 Å². The second-order valence-corrected chi connectivity index (χ2v) is 5.59. The van der Waals surface area contributed by atoms with Crippen molar-refractivity contribution in [2.45, 2.75) is 26.8 Å². The first-order chi connectivity index (χ1) is 7.69. The average Bonchev–Trinajstić information content (AvgIpc) is 2.63. The first kappa shape index (κ1) is 11.8. The van der Waals surface area contributed by atoms with Crippen LogP contribution in [-0.2, 0) is 6.54 Å². The number of hydrogen-bond donors (Lipinski definition) is 2. The molecule has 3 N–H and O–H groups in total. The highest BCUT2D eigenvalue weighted by Gasteiger charge is 2.23. The predicted molar refractivity (Wildman–Crippen MR) is 65.9 cm³/mol. The minimum atomic E-state index is 0.768. The Labute approximate surface area is 100 Å². The molecule has 1 saturated heterocycles. The van der Waals surface area contributed by atoms with Crippen molar-refractivity contribution in [3.05, 3.63) is 5.69 Å². The summed E-state index contributed by atoms with van der Waals surface area (Å²) in [6, 6.07) is 0. The summed E-state index contributed by atoms with van der Waals surface area (Å²) in [6.07, 6.45) is 1.33. The van der Waals surface area contributed by atoms with Gasteiger partial charge in [0.05, 0.1) is 0 Å². The molecule has 1 fully saturated rings. The average molecular weight is 241 g/mol. The number of likely N-dealkylation sites (tertiary alicyclic amines) is 1. The van der Waals surface area contributed by atoms with E-state index in [4.69, 9.17) is 5.84 Å². The number of anilines is 1. The summed E-state index contributed by atoms with van der Waals surface area (Å²) in [5.74, 6) is 6.95. The topological polar surface area (TPSA) is 67.1 Å². The van der Waals surface area contributed by atoms with Gasteiger partial charge in [-0.3, -0.25) is 4.90 Å². The number of nitrogens with zero attached hydrogens (tertiary/aromatic N) is 3. The van der Waals surface area contributed by atoms with Gasteiger partial charge in [-0.2, -0.15) is 0 Å². The van der Waals surface area contributed by atoms with Gasteiger partial charge in [0.15, 0.2) is 0 Å². The van der Waals surface area contributed by atoms with E-state index in [-0.39, 0.29) is 0 Å². The molecule has 5 nitrogen and oxygen atoms in total. The van der Waals surface area contributed by atoms with E-state index in [1.807, 2.05) is 0 Å². The second kappa shape index (κ2) is 5.07. The Morgan fingerprint density at radius 3 is 2.75 bits per heavy atom. The Morgan fingerprint density at radius 1 is 1.44 bits per heavy atom. The predicted octanol–water partition coefficient (Wildman–Crippen LogP) is 1.30. The number of piperidine rings is 1. The van der Waals surface area contributed by atoms with Crippen LogP contribution in [0.25, 0.3) is 0 Å². The fourth-order valence-electron chi connectivity index (χ4n) is 2.55. The molecule has 0 radical (unpaired) electrons. The van der Waals surface area contributed by atoms with Gasteiger partial charge in [-0.1, -0.05) is 18.3 Å². The number of hydrogen-bond acceptors (Lipinski definition) is 6. The number of rotatable bonds is 3. The zero-order valence-electron chi connectivity index (χ0n) is 9.81. The van der Waals surface area contributed by atoms with E-state index >= 15 is 0 Å². The van der Waals surface area contributed by atoms with E-state index in [1.54, 1.807) is 0 Å². The van der Waals surface area contributed by atoms with E-state index < -0.39 is 0 Å². The third kappa shape index (κ3) is 2.69. The van der Waals surface area contributed by atoms with Crippen LogP contribution in [0.3, 0.4) is 0 Å². The molecule has 2 atom stereocenters. The summed E-state index contributed by atoms with van der Waals surface area (Å²) in [7, 11) is 0. The van der Waals surface area contributed by atoms with Crippen molar-refractivity contribution in [3.63, 3.8) is 0 Å². The Morgan fingerprint density at radius 2 is 2.12 bits per heavy atom. The first-order valence-electron chi connectivity index (χ1n) is 5.69. The van der Waals surface area contributed by atoms with E-state index in [1.165, 1.54) is 18.0 Å². The molecule has 0 aliphatic carbocycles. The maximum absolute atomic E-state index is 5.42. The molecule has 2 rings (SSSR count). The first-order valence-corrected chi connectivity index (χ1v) is 6.46. The molecule has 1 aliphatic heterocycles. The van der Waals surface area contributed by atoms with Crippen LogP contribution in [0.4, 0.5) is 5.00 Å². The van der Waals surface area contributed by atoms with E-state index in [2.05, 4.69) is 33.8 Å². The lowest BCUT2D eigenvalue weighted by Gasteiger charge is -2.34. The van der Waals surface area contributed by atoms with Gasteiger partial charge in [0.2, 0.25) is 0 Å². The minimum Gasteiger partial charge on any atom is -0.313 e. The molecular formula is C10H19N5S. The summed E-state index contributed by atoms with van der Waals surface area (Å²) in [5.41, 5.74) is 3.62. The van der Waals surface area contributed by atoms with Gasteiger partial charge < -0.3 is 5.43 Å². The van der Waals surface area contributed by atoms with E-state index in [0.717, 1.165) is 42.2 Å². The molecule has 2 heterocycles. The Bertz CT molecular complexity index is 330. The number of nitrogen functional groups attached to an aromatic ring is 1. The van der Waals surface area contributed by atoms with Crippen LogP contribution >= 0.6 is 11.5 Å². The molecule has 0 saturated carbocycles. The van der Waals surface area contributed by atoms with Gasteiger partial charge in [0.25, 0.3) is 0 Å². The summed E-state index contributed by atoms with van der Waals surface area (Å²) in [4.78, 5) is 2.44. The SMILES string of the molecule is CC1CC(C)CN(Cc2nnsc2NN)C1. The monoisotopic (exact) mass is 241 g/mol. The summed E-state index contributed by atoms with van der Waals surface area (Å²) >= 11 is 1.32. The lowest BCUT2D eigenvalue weighted by atomic mass is 9.92. The van der Waals surface area contributed by atoms with Crippen LogP contribution in [0.15, 0.2) is 0 Å². The van der Waals surface area contributed by atoms with E-state index in [9.17, 15) is 0 Å². The van der Waals surface area contributed by atoms with Gasteiger partial charge in [0.1, 0.15) is 10.7 Å². The zero-order chi connectivity index (χ0) is 11.5. The van der Waals surface area contributed by atoms with Crippen molar-refractivity contribution in [2.75, 3.05) is 18.5 Å². The van der Waals surface area contributed by atoms with E-state index in [0.29, 0.717) is 0 Å². The molecular weight excluding hydrogens is 222 g/mol. The van der Waals surface area contributed by atoms with Crippen molar-refractivity contribution >= 4 is 16.5 Å². The molecule has 1 aliphatic rings. The highest BCUT2D eigenvalue weighted by atomic mass is 32.1. The Hall–Kier alpha value is -0.720. The van der Waals surface area contributed by atoms with Crippen molar-refractivity contribution in [2.24, 2.45) is 17.7 Å². The molecule has 2 unspecified atom stereocenters. The molecule has 1 aromatic heterocycles. The third-order valence-corrected chi connectivity index (χ3v) is 3.70. The summed E-state index contributed by atoms with van der Waals surface area (Å²) in [6.45, 7) is 7.76. The second-order valence-electron chi connectivity index (χ2n) is 4.83. The van der Waals surface area contributed by atoms with Gasteiger partial charge in [-0.05, 0) is 18.3 Å². The molecule has 1 aromatic rings. The fourth-order valence-corrected chi connectivity index (χ4v) is 3.04. The van der Waals surface area contributed by atoms with Crippen molar-refractivity contribution in [1.29, 1.82) is 0 Å². The third-order valence-electron chi connectivity index (χ3n) is 3.00. The highest BCUT2D eigenvalue weighted by molar-refractivity contribution is 7.10. The quantitative estimate of drug-likeness (QED) is 0.617. The lowest BCUT2D eigenvalue weighted by Crippen LogP contribution is -2.38. The van der Waals surface area contributed by atoms with Crippen LogP contribution in [0.2, 0.25) is 0 Å². The minimum absolute atomic E-state index is 0.768. The Kier molecular flexibility index (Phi) is 3.73. The van der Waals surface area contributed by atoms with Crippen LogP contribution in [0.5, 0.6) is 0 Å². The molecule has 0 aromatic carbocycles. The summed E-state index contributed by atoms with van der Waals surface area (Å²) < 4.78 is 3.92. The molecule has 0 spiro atoms. The van der Waals surface area contributed by atoms with Gasteiger partial charge >= 0.3 is 0 Å². The fraction of sp³-hybridized carbons (Fsp3) is 0.800. The normalized spacial score (nSPS) is 26.9. The lowest BCUT2D eigenvalue weighted by molar-refractivity contribution is 0.133. The highest BCUT2D eigenvalue weighted by Crippen LogP contribution is 2.24. The van der Waals surface area contributed by atoms with Crippen molar-refractivity contribution in [3.8, 4) is 0 Å². The summed E-state index contributed by atoms with van der Waals surface area (Å²) in [5, 5.41) is 5.00.